The van der Waals surface area contributed by atoms with Crippen LogP contribution in [0.1, 0.15) is 44.6 Å². The molecular weight excluding hydrogens is 270 g/mol. The molecule has 4 heteroatoms. The van der Waals surface area contributed by atoms with Crippen LogP contribution in [0.3, 0.4) is 0 Å². The Bertz CT molecular complexity index is 396. The fraction of sp³-hybridized carbons (Fsp3) is 0.562. The minimum absolute atomic E-state index is 0.388. The van der Waals surface area contributed by atoms with Gasteiger partial charge in [-0.2, -0.15) is 0 Å². The molecule has 20 heavy (non-hydrogen) atoms. The van der Waals surface area contributed by atoms with E-state index in [-0.39, 0.29) is 0 Å². The lowest BCUT2D eigenvalue weighted by Gasteiger charge is -2.08. The quantitative estimate of drug-likeness (QED) is 0.499. The fourth-order valence-corrected chi connectivity index (χ4v) is 1.99. The van der Waals surface area contributed by atoms with Gasteiger partial charge in [0.1, 0.15) is 17.3 Å². The molecule has 0 spiro atoms. The minimum atomic E-state index is 0.388. The van der Waals surface area contributed by atoms with E-state index in [0.29, 0.717) is 18.2 Å². The highest BCUT2D eigenvalue weighted by molar-refractivity contribution is 7.80. The maximum Gasteiger partial charge on any atom is 0.120 e. The number of hydrogen-bond donors (Lipinski definition) is 1. The largest absolute Gasteiger partial charge is 0.491 e. The molecule has 0 heterocycles. The molecule has 1 aromatic rings. The summed E-state index contributed by atoms with van der Waals surface area (Å²) >= 11 is 4.93. The summed E-state index contributed by atoms with van der Waals surface area (Å²) in [5.41, 5.74) is 6.41. The minimum Gasteiger partial charge on any atom is -0.491 e. The Morgan fingerprint density at radius 3 is 2.65 bits per heavy atom. The van der Waals surface area contributed by atoms with E-state index in [1.165, 1.54) is 25.7 Å². The Morgan fingerprint density at radius 1 is 1.10 bits per heavy atom. The first-order valence-electron chi connectivity index (χ1n) is 7.34. The van der Waals surface area contributed by atoms with E-state index in [1.807, 2.05) is 24.3 Å². The number of thiocarbonyl (C=S) groups is 1. The summed E-state index contributed by atoms with van der Waals surface area (Å²) in [5.74, 6) is 0.779. The van der Waals surface area contributed by atoms with Crippen molar-refractivity contribution < 1.29 is 9.47 Å². The van der Waals surface area contributed by atoms with Gasteiger partial charge in [-0.3, -0.25) is 0 Å². The van der Waals surface area contributed by atoms with Gasteiger partial charge in [-0.25, -0.2) is 0 Å². The molecule has 3 nitrogen and oxygen atoms in total. The summed E-state index contributed by atoms with van der Waals surface area (Å²) in [7, 11) is 0. The Balaban J connectivity index is 2.06. The lowest BCUT2D eigenvalue weighted by Crippen LogP contribution is -2.10. The van der Waals surface area contributed by atoms with E-state index in [0.717, 1.165) is 24.3 Å². The Kier molecular flexibility index (Phi) is 9.00. The lowest BCUT2D eigenvalue weighted by molar-refractivity contribution is 0.0971. The van der Waals surface area contributed by atoms with Gasteiger partial charge in [0.2, 0.25) is 0 Å². The van der Waals surface area contributed by atoms with E-state index in [9.17, 15) is 0 Å². The monoisotopic (exact) mass is 295 g/mol. The van der Waals surface area contributed by atoms with Crippen LogP contribution >= 0.6 is 12.2 Å². The molecule has 0 fully saturated rings. The molecular formula is C16H25NO2S. The highest BCUT2D eigenvalue weighted by Crippen LogP contribution is 2.13. The second-order valence-electron chi connectivity index (χ2n) is 4.77. The average Bonchev–Trinajstić information content (AvgIpc) is 2.46. The molecule has 1 rings (SSSR count). The number of rotatable bonds is 11. The molecule has 1 aromatic carbocycles. The third-order valence-electron chi connectivity index (χ3n) is 3.01. The van der Waals surface area contributed by atoms with Gasteiger partial charge in [0.05, 0.1) is 6.61 Å². The highest BCUT2D eigenvalue weighted by Gasteiger charge is 1.99. The molecule has 0 radical (unpaired) electrons. The molecule has 0 saturated heterocycles. The first-order chi connectivity index (χ1) is 9.74. The first-order valence-corrected chi connectivity index (χ1v) is 7.75. The van der Waals surface area contributed by atoms with E-state index in [2.05, 4.69) is 6.92 Å². The van der Waals surface area contributed by atoms with Crippen LogP contribution in [-0.2, 0) is 4.74 Å². The Morgan fingerprint density at radius 2 is 1.90 bits per heavy atom. The molecule has 0 unspecified atom stereocenters. The van der Waals surface area contributed by atoms with Gasteiger partial charge in [0.15, 0.2) is 0 Å². The molecule has 0 aliphatic rings. The highest BCUT2D eigenvalue weighted by atomic mass is 32.1. The van der Waals surface area contributed by atoms with Crippen LogP contribution in [-0.4, -0.2) is 24.8 Å². The normalized spacial score (nSPS) is 10.4. The van der Waals surface area contributed by atoms with Gasteiger partial charge in [0.25, 0.3) is 0 Å². The molecule has 0 aliphatic heterocycles. The van der Waals surface area contributed by atoms with Crippen molar-refractivity contribution in [2.75, 3.05) is 19.8 Å². The smallest absolute Gasteiger partial charge is 0.120 e. The second kappa shape index (κ2) is 10.6. The molecule has 0 aromatic heterocycles. The van der Waals surface area contributed by atoms with Gasteiger partial charge < -0.3 is 15.2 Å². The van der Waals surface area contributed by atoms with Gasteiger partial charge in [-0.05, 0) is 18.6 Å². The maximum atomic E-state index is 5.60. The number of nitrogens with two attached hydrogens (primary N) is 1. The molecule has 0 bridgehead atoms. The molecule has 0 atom stereocenters. The Labute approximate surface area is 127 Å². The summed E-state index contributed by atoms with van der Waals surface area (Å²) in [6.07, 6.45) is 6.30. The molecule has 112 valence electrons. The van der Waals surface area contributed by atoms with E-state index in [1.54, 1.807) is 0 Å². The first kappa shape index (κ1) is 16.9. The second-order valence-corrected chi connectivity index (χ2v) is 5.21. The molecule has 0 amide bonds. The SMILES string of the molecule is CCCCCCCOCCOc1cccc(C(N)=S)c1. The molecule has 2 N–H and O–H groups in total. The fourth-order valence-electron chi connectivity index (χ4n) is 1.87. The summed E-state index contributed by atoms with van der Waals surface area (Å²) in [4.78, 5) is 0.388. The number of unbranched alkanes of at least 4 members (excludes halogenated alkanes) is 4. The van der Waals surface area contributed by atoms with Crippen molar-refractivity contribution in [2.45, 2.75) is 39.0 Å². The van der Waals surface area contributed by atoms with Crippen LogP contribution in [0.2, 0.25) is 0 Å². The zero-order valence-electron chi connectivity index (χ0n) is 12.3. The van der Waals surface area contributed by atoms with E-state index in [4.69, 9.17) is 27.4 Å². The van der Waals surface area contributed by atoms with Crippen LogP contribution in [0.25, 0.3) is 0 Å². The van der Waals surface area contributed by atoms with Crippen LogP contribution in [0.15, 0.2) is 24.3 Å². The van der Waals surface area contributed by atoms with Crippen molar-refractivity contribution in [3.63, 3.8) is 0 Å². The van der Waals surface area contributed by atoms with Crippen molar-refractivity contribution in [3.05, 3.63) is 29.8 Å². The number of ether oxygens (including phenoxy) is 2. The number of hydrogen-bond acceptors (Lipinski definition) is 3. The van der Waals surface area contributed by atoms with Gasteiger partial charge in [-0.1, -0.05) is 57.0 Å². The zero-order valence-corrected chi connectivity index (χ0v) is 13.1. The van der Waals surface area contributed by atoms with Crippen LogP contribution in [0.4, 0.5) is 0 Å². The van der Waals surface area contributed by atoms with Crippen molar-refractivity contribution in [2.24, 2.45) is 5.73 Å². The van der Waals surface area contributed by atoms with Crippen molar-refractivity contribution in [1.29, 1.82) is 0 Å². The third-order valence-corrected chi connectivity index (χ3v) is 3.24. The Hall–Kier alpha value is -1.13. The van der Waals surface area contributed by atoms with Crippen LogP contribution < -0.4 is 10.5 Å². The van der Waals surface area contributed by atoms with Crippen molar-refractivity contribution >= 4 is 17.2 Å². The molecule has 0 saturated carbocycles. The summed E-state index contributed by atoms with van der Waals surface area (Å²) in [6.45, 7) is 4.21. The van der Waals surface area contributed by atoms with E-state index >= 15 is 0 Å². The van der Waals surface area contributed by atoms with Gasteiger partial charge >= 0.3 is 0 Å². The van der Waals surface area contributed by atoms with Crippen molar-refractivity contribution in [3.8, 4) is 5.75 Å². The zero-order chi connectivity index (χ0) is 14.6. The summed E-state index contributed by atoms with van der Waals surface area (Å²) in [5, 5.41) is 0. The average molecular weight is 295 g/mol. The van der Waals surface area contributed by atoms with Gasteiger partial charge in [-0.15, -0.1) is 0 Å². The number of benzene rings is 1. The van der Waals surface area contributed by atoms with Crippen LogP contribution in [0, 0.1) is 0 Å². The van der Waals surface area contributed by atoms with Crippen LogP contribution in [0.5, 0.6) is 5.75 Å². The summed E-state index contributed by atoms with van der Waals surface area (Å²) in [6, 6.07) is 7.51. The lowest BCUT2D eigenvalue weighted by atomic mass is 10.2. The topological polar surface area (TPSA) is 44.5 Å². The standard InChI is InChI=1S/C16H25NO2S/c1-2-3-4-5-6-10-18-11-12-19-15-9-7-8-14(13-15)16(17)20/h7-9,13H,2-6,10-12H2,1H3,(H2,17,20). The maximum absolute atomic E-state index is 5.60. The van der Waals surface area contributed by atoms with Crippen molar-refractivity contribution in [1.82, 2.24) is 0 Å². The molecule has 0 aliphatic carbocycles. The summed E-state index contributed by atoms with van der Waals surface area (Å²) < 4.78 is 11.1. The predicted octanol–water partition coefficient (Wildman–Crippen LogP) is 3.69. The van der Waals surface area contributed by atoms with Gasteiger partial charge in [0, 0.05) is 12.2 Å². The van der Waals surface area contributed by atoms with E-state index < -0.39 is 0 Å². The predicted molar refractivity (Wildman–Crippen MR) is 87.4 cm³/mol. The third kappa shape index (κ3) is 7.46.